The van der Waals surface area contributed by atoms with Crippen molar-refractivity contribution in [1.82, 2.24) is 4.57 Å². The summed E-state index contributed by atoms with van der Waals surface area (Å²) < 4.78 is 14.2. The van der Waals surface area contributed by atoms with Crippen molar-refractivity contribution in [3.63, 3.8) is 0 Å². The van der Waals surface area contributed by atoms with Crippen molar-refractivity contribution in [3.05, 3.63) is 77.9 Å². The van der Waals surface area contributed by atoms with E-state index in [0.717, 1.165) is 78.2 Å². The van der Waals surface area contributed by atoms with Crippen LogP contribution in [-0.4, -0.2) is 29.7 Å². The van der Waals surface area contributed by atoms with Crippen LogP contribution in [0.5, 0.6) is 5.75 Å². The summed E-state index contributed by atoms with van der Waals surface area (Å²) in [5, 5.41) is 14.6. The maximum atomic E-state index is 11.8. The normalized spacial score (nSPS) is 16.1. The summed E-state index contributed by atoms with van der Waals surface area (Å²) >= 11 is 0. The molecule has 38 heavy (non-hydrogen) atoms. The standard InChI is InChI=1S/C32H31N3O3/c1-21(36)23-4-2-5-25(18-23)34-24-10-8-22(9-11-24)32-30(20-33)29-13-12-28(38-27-14-16-37-17-15-27)19-31(29)35(32)26-6-3-7-26/h2,4-5,8-13,18-19,26-27,34H,3,6-7,14-17H2,1H3. The van der Waals surface area contributed by atoms with Crippen LogP contribution in [0.25, 0.3) is 22.2 Å². The number of Topliss-reactive ketones (excluding diaryl/α,β-unsaturated/α-hetero) is 1. The summed E-state index contributed by atoms with van der Waals surface area (Å²) in [6.07, 6.45) is 5.38. The monoisotopic (exact) mass is 505 g/mol. The summed E-state index contributed by atoms with van der Waals surface area (Å²) in [6, 6.07) is 24.7. The van der Waals surface area contributed by atoms with Crippen molar-refractivity contribution in [2.45, 2.75) is 51.2 Å². The third-order valence-corrected chi connectivity index (χ3v) is 7.71. The smallest absolute Gasteiger partial charge is 0.159 e. The quantitative estimate of drug-likeness (QED) is 0.265. The Hall–Kier alpha value is -4.08. The SMILES string of the molecule is CC(=O)c1cccc(Nc2ccc(-c3c(C#N)c4ccc(OC5CCOCC5)cc4n3C3CCC3)cc2)c1. The second-order valence-corrected chi connectivity index (χ2v) is 10.2. The number of rotatable bonds is 7. The molecular weight excluding hydrogens is 474 g/mol. The number of hydrogen-bond donors (Lipinski definition) is 1. The molecule has 6 heteroatoms. The predicted octanol–water partition coefficient (Wildman–Crippen LogP) is 7.41. The molecule has 0 amide bonds. The molecule has 2 fully saturated rings. The van der Waals surface area contributed by atoms with Gasteiger partial charge in [-0.2, -0.15) is 5.26 Å². The second-order valence-electron chi connectivity index (χ2n) is 10.2. The lowest BCUT2D eigenvalue weighted by atomic mass is 9.92. The summed E-state index contributed by atoms with van der Waals surface area (Å²) in [5.74, 6) is 0.893. The van der Waals surface area contributed by atoms with Gasteiger partial charge in [-0.25, -0.2) is 0 Å². The lowest BCUT2D eigenvalue weighted by molar-refractivity contribution is 0.0256. The zero-order chi connectivity index (χ0) is 26.1. The molecule has 4 aromatic rings. The number of nitrogens with one attached hydrogen (secondary N) is 1. The van der Waals surface area contributed by atoms with E-state index in [-0.39, 0.29) is 11.9 Å². The van der Waals surface area contributed by atoms with Gasteiger partial charge in [0.2, 0.25) is 0 Å². The summed E-state index contributed by atoms with van der Waals surface area (Å²) in [6.45, 7) is 3.05. The van der Waals surface area contributed by atoms with E-state index in [1.807, 2.05) is 48.5 Å². The average Bonchev–Trinajstić information content (AvgIpc) is 3.22. The highest BCUT2D eigenvalue weighted by Crippen LogP contribution is 2.43. The van der Waals surface area contributed by atoms with Crippen molar-refractivity contribution >= 4 is 28.1 Å². The van der Waals surface area contributed by atoms with Gasteiger partial charge in [-0.3, -0.25) is 4.79 Å². The number of benzene rings is 3. The van der Waals surface area contributed by atoms with Gasteiger partial charge in [-0.1, -0.05) is 24.3 Å². The minimum Gasteiger partial charge on any atom is -0.490 e. The molecule has 1 aliphatic carbocycles. The van der Waals surface area contributed by atoms with Gasteiger partial charge in [0.25, 0.3) is 0 Å². The van der Waals surface area contributed by atoms with Crippen LogP contribution >= 0.6 is 0 Å². The van der Waals surface area contributed by atoms with Gasteiger partial charge >= 0.3 is 0 Å². The number of nitriles is 1. The molecule has 1 aliphatic heterocycles. The zero-order valence-electron chi connectivity index (χ0n) is 21.6. The summed E-state index contributed by atoms with van der Waals surface area (Å²) in [5.41, 5.74) is 6.22. The number of ketones is 1. The van der Waals surface area contributed by atoms with E-state index in [9.17, 15) is 10.1 Å². The fourth-order valence-corrected chi connectivity index (χ4v) is 5.47. The van der Waals surface area contributed by atoms with E-state index in [0.29, 0.717) is 17.2 Å². The van der Waals surface area contributed by atoms with Crippen LogP contribution in [-0.2, 0) is 4.74 Å². The first kappa shape index (κ1) is 24.3. The minimum absolute atomic E-state index is 0.0400. The molecule has 0 spiro atoms. The second kappa shape index (κ2) is 10.4. The Bertz CT molecular complexity index is 1520. The number of carbonyl (C=O) groups is 1. The highest BCUT2D eigenvalue weighted by Gasteiger charge is 2.28. The Balaban J connectivity index is 1.36. The Morgan fingerprint density at radius 1 is 1.00 bits per heavy atom. The molecule has 0 atom stereocenters. The van der Waals surface area contributed by atoms with Crippen LogP contribution in [0.1, 0.15) is 61.0 Å². The molecule has 1 saturated carbocycles. The molecule has 0 unspecified atom stereocenters. The molecule has 6 rings (SSSR count). The first-order valence-corrected chi connectivity index (χ1v) is 13.4. The van der Waals surface area contributed by atoms with Crippen molar-refractivity contribution in [2.75, 3.05) is 18.5 Å². The lowest BCUT2D eigenvalue weighted by Gasteiger charge is -2.30. The van der Waals surface area contributed by atoms with Crippen LogP contribution in [0.15, 0.2) is 66.7 Å². The molecular formula is C32H31N3O3. The van der Waals surface area contributed by atoms with Gasteiger partial charge in [0, 0.05) is 47.3 Å². The van der Waals surface area contributed by atoms with Gasteiger partial charge < -0.3 is 19.4 Å². The molecule has 1 N–H and O–H groups in total. The zero-order valence-corrected chi connectivity index (χ0v) is 21.6. The first-order valence-electron chi connectivity index (χ1n) is 13.4. The third-order valence-electron chi connectivity index (χ3n) is 7.71. The Labute approximate surface area is 222 Å². The van der Waals surface area contributed by atoms with Gasteiger partial charge in [-0.15, -0.1) is 0 Å². The first-order chi connectivity index (χ1) is 18.6. The molecule has 1 aromatic heterocycles. The minimum atomic E-state index is 0.0400. The van der Waals surface area contributed by atoms with E-state index < -0.39 is 0 Å². The van der Waals surface area contributed by atoms with Crippen LogP contribution in [0.4, 0.5) is 11.4 Å². The number of nitrogens with zero attached hydrogens (tertiary/aromatic N) is 2. The van der Waals surface area contributed by atoms with E-state index >= 15 is 0 Å². The predicted molar refractivity (Wildman–Crippen MR) is 149 cm³/mol. The highest BCUT2D eigenvalue weighted by atomic mass is 16.5. The van der Waals surface area contributed by atoms with Crippen LogP contribution < -0.4 is 10.1 Å². The number of ether oxygens (including phenoxy) is 2. The molecule has 2 aliphatic rings. The van der Waals surface area contributed by atoms with E-state index in [2.05, 4.69) is 34.2 Å². The molecule has 0 radical (unpaired) electrons. The van der Waals surface area contributed by atoms with E-state index in [1.165, 1.54) is 6.42 Å². The summed E-state index contributed by atoms with van der Waals surface area (Å²) in [4.78, 5) is 11.8. The third kappa shape index (κ3) is 4.66. The fraction of sp³-hybridized carbons (Fsp3) is 0.312. The van der Waals surface area contributed by atoms with Gasteiger partial charge in [0.1, 0.15) is 17.9 Å². The fourth-order valence-electron chi connectivity index (χ4n) is 5.47. The Kier molecular flexibility index (Phi) is 6.61. The van der Waals surface area contributed by atoms with Crippen LogP contribution in [0, 0.1) is 11.3 Å². The molecule has 3 aromatic carbocycles. The van der Waals surface area contributed by atoms with Crippen molar-refractivity contribution in [2.24, 2.45) is 0 Å². The lowest BCUT2D eigenvalue weighted by Crippen LogP contribution is -2.25. The number of fused-ring (bicyclic) bond motifs is 1. The number of aromatic nitrogens is 1. The number of anilines is 2. The molecule has 192 valence electrons. The van der Waals surface area contributed by atoms with Crippen molar-refractivity contribution in [1.29, 1.82) is 5.26 Å². The van der Waals surface area contributed by atoms with Gasteiger partial charge in [0.05, 0.1) is 30.0 Å². The Morgan fingerprint density at radius 2 is 1.79 bits per heavy atom. The maximum Gasteiger partial charge on any atom is 0.159 e. The number of carbonyl (C=O) groups excluding carboxylic acids is 1. The van der Waals surface area contributed by atoms with Crippen molar-refractivity contribution in [3.8, 4) is 23.1 Å². The summed E-state index contributed by atoms with van der Waals surface area (Å²) in [7, 11) is 0. The molecule has 1 saturated heterocycles. The van der Waals surface area contributed by atoms with E-state index in [4.69, 9.17) is 9.47 Å². The van der Waals surface area contributed by atoms with Crippen LogP contribution in [0.3, 0.4) is 0 Å². The van der Waals surface area contributed by atoms with Crippen molar-refractivity contribution < 1.29 is 14.3 Å². The van der Waals surface area contributed by atoms with Crippen LogP contribution in [0.2, 0.25) is 0 Å². The molecule has 6 nitrogen and oxygen atoms in total. The largest absolute Gasteiger partial charge is 0.490 e. The highest BCUT2D eigenvalue weighted by molar-refractivity contribution is 5.96. The molecule has 0 bridgehead atoms. The van der Waals surface area contributed by atoms with E-state index in [1.54, 1.807) is 6.92 Å². The Morgan fingerprint density at radius 3 is 2.47 bits per heavy atom. The number of hydrogen-bond acceptors (Lipinski definition) is 5. The average molecular weight is 506 g/mol. The molecule has 2 heterocycles. The van der Waals surface area contributed by atoms with Gasteiger partial charge in [-0.05, 0) is 68.1 Å². The van der Waals surface area contributed by atoms with Gasteiger partial charge in [0.15, 0.2) is 5.78 Å². The topological polar surface area (TPSA) is 76.3 Å². The maximum absolute atomic E-state index is 11.8.